The van der Waals surface area contributed by atoms with Gasteiger partial charge in [0.2, 0.25) is 0 Å². The molecule has 1 N–H and O–H groups in total. The second-order valence-corrected chi connectivity index (χ2v) is 4.65. The molecule has 0 atom stereocenters. The number of rotatable bonds is 5. The van der Waals surface area contributed by atoms with Crippen LogP contribution < -0.4 is 5.32 Å². The van der Waals surface area contributed by atoms with Gasteiger partial charge in [-0.2, -0.15) is 11.3 Å². The Kier molecular flexibility index (Phi) is 4.78. The first kappa shape index (κ1) is 12.6. The van der Waals surface area contributed by atoms with Crippen LogP contribution in [0.2, 0.25) is 0 Å². The zero-order chi connectivity index (χ0) is 12.6. The summed E-state index contributed by atoms with van der Waals surface area (Å²) in [7, 11) is 0. The van der Waals surface area contributed by atoms with E-state index >= 15 is 0 Å². The second kappa shape index (κ2) is 6.81. The third-order valence-corrected chi connectivity index (χ3v) is 3.21. The molecule has 1 aromatic heterocycles. The van der Waals surface area contributed by atoms with Crippen LogP contribution in [0.1, 0.15) is 11.1 Å². The molecular formula is C14H15NO2S. The maximum absolute atomic E-state index is 11.4. The highest BCUT2D eigenvalue weighted by Gasteiger charge is 2.02. The first-order valence-electron chi connectivity index (χ1n) is 5.80. The Bertz CT molecular complexity index is 468. The number of nitrogens with one attached hydrogen (secondary N) is 1. The van der Waals surface area contributed by atoms with E-state index in [0.717, 1.165) is 12.0 Å². The average Bonchev–Trinajstić information content (AvgIpc) is 2.91. The number of thiophene rings is 1. The third-order valence-electron chi connectivity index (χ3n) is 2.48. The van der Waals surface area contributed by atoms with E-state index in [1.165, 1.54) is 5.56 Å². The van der Waals surface area contributed by atoms with Crippen LogP contribution in [0, 0.1) is 0 Å². The minimum Gasteiger partial charge on any atom is -0.445 e. The quantitative estimate of drug-likeness (QED) is 0.897. The Balaban J connectivity index is 1.63. The van der Waals surface area contributed by atoms with Gasteiger partial charge in [0, 0.05) is 6.54 Å². The number of ether oxygens (including phenoxy) is 1. The van der Waals surface area contributed by atoms with E-state index in [1.807, 2.05) is 35.7 Å². The van der Waals surface area contributed by atoms with E-state index in [1.54, 1.807) is 11.3 Å². The highest BCUT2D eigenvalue weighted by atomic mass is 32.1. The summed E-state index contributed by atoms with van der Waals surface area (Å²) in [5.41, 5.74) is 2.23. The molecule has 0 aliphatic heterocycles. The average molecular weight is 261 g/mol. The van der Waals surface area contributed by atoms with Gasteiger partial charge >= 0.3 is 6.09 Å². The molecule has 0 saturated heterocycles. The summed E-state index contributed by atoms with van der Waals surface area (Å²) < 4.78 is 5.10. The maximum Gasteiger partial charge on any atom is 0.407 e. The molecule has 0 radical (unpaired) electrons. The van der Waals surface area contributed by atoms with Gasteiger partial charge in [0.05, 0.1) is 0 Å². The van der Waals surface area contributed by atoms with Crippen molar-refractivity contribution in [2.45, 2.75) is 13.0 Å². The van der Waals surface area contributed by atoms with Crippen molar-refractivity contribution in [1.29, 1.82) is 0 Å². The van der Waals surface area contributed by atoms with Crippen LogP contribution in [0.25, 0.3) is 0 Å². The Morgan fingerprint density at radius 3 is 2.72 bits per heavy atom. The van der Waals surface area contributed by atoms with Crippen molar-refractivity contribution in [2.24, 2.45) is 0 Å². The standard InChI is InChI=1S/C14H15NO2S/c16-14(15-8-6-13-7-9-18-11-13)17-10-12-4-2-1-3-5-12/h1-5,7,9,11H,6,8,10H2,(H,15,16). The summed E-state index contributed by atoms with van der Waals surface area (Å²) in [5, 5.41) is 6.85. The minimum atomic E-state index is -0.367. The lowest BCUT2D eigenvalue weighted by molar-refractivity contribution is 0.140. The molecule has 2 aromatic rings. The van der Waals surface area contributed by atoms with Crippen LogP contribution in [0.5, 0.6) is 0 Å². The third kappa shape index (κ3) is 4.22. The number of benzene rings is 1. The second-order valence-electron chi connectivity index (χ2n) is 3.87. The van der Waals surface area contributed by atoms with Crippen molar-refractivity contribution < 1.29 is 9.53 Å². The lowest BCUT2D eigenvalue weighted by Gasteiger charge is -2.06. The summed E-state index contributed by atoms with van der Waals surface area (Å²) in [5.74, 6) is 0. The normalized spacial score (nSPS) is 10.0. The molecule has 0 saturated carbocycles. The van der Waals surface area contributed by atoms with Crippen LogP contribution in [0.4, 0.5) is 4.79 Å². The Hall–Kier alpha value is -1.81. The van der Waals surface area contributed by atoms with Gasteiger partial charge in [-0.05, 0) is 34.4 Å². The van der Waals surface area contributed by atoms with Crippen LogP contribution in [0.15, 0.2) is 47.2 Å². The van der Waals surface area contributed by atoms with Gasteiger partial charge in [0.1, 0.15) is 6.61 Å². The molecule has 1 amide bonds. The number of hydrogen-bond donors (Lipinski definition) is 1. The highest BCUT2D eigenvalue weighted by molar-refractivity contribution is 7.07. The molecule has 18 heavy (non-hydrogen) atoms. The van der Waals surface area contributed by atoms with Gasteiger partial charge in [-0.25, -0.2) is 4.79 Å². The molecule has 3 nitrogen and oxygen atoms in total. The fraction of sp³-hybridized carbons (Fsp3) is 0.214. The number of hydrogen-bond acceptors (Lipinski definition) is 3. The van der Waals surface area contributed by atoms with Crippen molar-refractivity contribution in [3.05, 3.63) is 58.3 Å². The summed E-state index contributed by atoms with van der Waals surface area (Å²) >= 11 is 1.66. The molecule has 0 fully saturated rings. The van der Waals surface area contributed by atoms with Crippen molar-refractivity contribution in [1.82, 2.24) is 5.32 Å². The fourth-order valence-electron chi connectivity index (χ4n) is 1.52. The first-order valence-corrected chi connectivity index (χ1v) is 6.74. The van der Waals surface area contributed by atoms with Crippen LogP contribution >= 0.6 is 11.3 Å². The topological polar surface area (TPSA) is 38.3 Å². The first-order chi connectivity index (χ1) is 8.84. The number of alkyl carbamates (subject to hydrolysis) is 1. The molecule has 0 aliphatic rings. The van der Waals surface area contributed by atoms with Crippen molar-refractivity contribution >= 4 is 17.4 Å². The van der Waals surface area contributed by atoms with Gasteiger partial charge in [-0.15, -0.1) is 0 Å². The van der Waals surface area contributed by atoms with Crippen LogP contribution in [-0.4, -0.2) is 12.6 Å². The van der Waals surface area contributed by atoms with E-state index in [2.05, 4.69) is 16.8 Å². The Morgan fingerprint density at radius 2 is 2.00 bits per heavy atom. The van der Waals surface area contributed by atoms with Crippen LogP contribution in [0.3, 0.4) is 0 Å². The van der Waals surface area contributed by atoms with E-state index in [4.69, 9.17) is 4.74 Å². The summed E-state index contributed by atoms with van der Waals surface area (Å²) in [6.07, 6.45) is 0.471. The molecule has 94 valence electrons. The van der Waals surface area contributed by atoms with E-state index < -0.39 is 0 Å². The number of carbonyl (C=O) groups excluding carboxylic acids is 1. The molecule has 0 spiro atoms. The molecule has 4 heteroatoms. The van der Waals surface area contributed by atoms with E-state index in [9.17, 15) is 4.79 Å². The van der Waals surface area contributed by atoms with E-state index in [-0.39, 0.29) is 6.09 Å². The molecule has 1 aromatic carbocycles. The minimum absolute atomic E-state index is 0.311. The van der Waals surface area contributed by atoms with Gasteiger partial charge in [-0.1, -0.05) is 30.3 Å². The molecule has 0 unspecified atom stereocenters. The van der Waals surface area contributed by atoms with Gasteiger partial charge < -0.3 is 10.1 Å². The Morgan fingerprint density at radius 1 is 1.17 bits per heavy atom. The Labute approximate surface area is 110 Å². The predicted octanol–water partition coefficient (Wildman–Crippen LogP) is 3.22. The summed E-state index contributed by atoms with van der Waals surface area (Å²) in [6, 6.07) is 11.7. The number of carbonyl (C=O) groups is 1. The predicted molar refractivity (Wildman–Crippen MR) is 72.7 cm³/mol. The van der Waals surface area contributed by atoms with Crippen molar-refractivity contribution in [3.8, 4) is 0 Å². The number of amides is 1. The summed E-state index contributed by atoms with van der Waals surface area (Å²) in [6.45, 7) is 0.912. The van der Waals surface area contributed by atoms with Crippen molar-refractivity contribution in [3.63, 3.8) is 0 Å². The maximum atomic E-state index is 11.4. The smallest absolute Gasteiger partial charge is 0.407 e. The highest BCUT2D eigenvalue weighted by Crippen LogP contribution is 2.05. The SMILES string of the molecule is O=C(NCCc1ccsc1)OCc1ccccc1. The van der Waals surface area contributed by atoms with Gasteiger partial charge in [-0.3, -0.25) is 0 Å². The molecular weight excluding hydrogens is 246 g/mol. The molecule has 0 aliphatic carbocycles. The van der Waals surface area contributed by atoms with E-state index in [0.29, 0.717) is 13.2 Å². The molecule has 2 rings (SSSR count). The zero-order valence-corrected chi connectivity index (χ0v) is 10.8. The van der Waals surface area contributed by atoms with Gasteiger partial charge in [0.25, 0.3) is 0 Å². The monoisotopic (exact) mass is 261 g/mol. The van der Waals surface area contributed by atoms with Gasteiger partial charge in [0.15, 0.2) is 0 Å². The zero-order valence-electron chi connectivity index (χ0n) is 9.96. The lowest BCUT2D eigenvalue weighted by Crippen LogP contribution is -2.26. The summed E-state index contributed by atoms with van der Waals surface area (Å²) in [4.78, 5) is 11.4. The molecule has 1 heterocycles. The lowest BCUT2D eigenvalue weighted by atomic mass is 10.2. The largest absolute Gasteiger partial charge is 0.445 e. The van der Waals surface area contributed by atoms with Crippen molar-refractivity contribution in [2.75, 3.05) is 6.54 Å². The molecule has 0 bridgehead atoms. The van der Waals surface area contributed by atoms with Crippen LogP contribution in [-0.2, 0) is 17.8 Å². The fourth-order valence-corrected chi connectivity index (χ4v) is 2.22.